The summed E-state index contributed by atoms with van der Waals surface area (Å²) < 4.78 is 27.0. The van der Waals surface area contributed by atoms with Crippen molar-refractivity contribution >= 4 is 39.0 Å². The topological polar surface area (TPSA) is 82.6 Å². The van der Waals surface area contributed by atoms with Crippen molar-refractivity contribution in [2.45, 2.75) is 38.0 Å². The molecule has 2 heterocycles. The molecule has 1 aliphatic rings. The average Bonchev–Trinajstić information content (AvgIpc) is 2.75. The van der Waals surface area contributed by atoms with Gasteiger partial charge in [-0.2, -0.15) is 4.31 Å². The SMILES string of the molecule is CCN(CC)S(=O)(=O)c1ccc(Cl)c(C(=O)Nc2cccnc2N2CCCCC2)c1. The fraction of sp³-hybridized carbons (Fsp3) is 0.429. The van der Waals surface area contributed by atoms with Gasteiger partial charge in [-0.3, -0.25) is 4.79 Å². The number of hydrogen-bond donors (Lipinski definition) is 1. The summed E-state index contributed by atoms with van der Waals surface area (Å²) in [4.78, 5) is 19.7. The van der Waals surface area contributed by atoms with Gasteiger partial charge in [-0.1, -0.05) is 25.4 Å². The number of rotatable bonds is 7. The van der Waals surface area contributed by atoms with E-state index in [0.717, 1.165) is 25.9 Å². The molecule has 0 unspecified atom stereocenters. The molecule has 0 atom stereocenters. The third-order valence-electron chi connectivity index (χ3n) is 5.22. The maximum absolute atomic E-state index is 13.0. The molecule has 1 aromatic carbocycles. The number of anilines is 2. The van der Waals surface area contributed by atoms with Gasteiger partial charge in [0.05, 0.1) is 21.2 Å². The Labute approximate surface area is 183 Å². The van der Waals surface area contributed by atoms with E-state index in [1.165, 1.54) is 28.9 Å². The Kier molecular flexibility index (Phi) is 7.33. The molecule has 2 aromatic rings. The van der Waals surface area contributed by atoms with Crippen LogP contribution in [0, 0.1) is 0 Å². The van der Waals surface area contributed by atoms with Gasteiger partial charge in [0.2, 0.25) is 10.0 Å². The van der Waals surface area contributed by atoms with Gasteiger partial charge in [0.1, 0.15) is 0 Å². The number of carbonyl (C=O) groups excluding carboxylic acids is 1. The van der Waals surface area contributed by atoms with E-state index in [1.807, 2.05) is 0 Å². The van der Waals surface area contributed by atoms with E-state index < -0.39 is 15.9 Å². The summed E-state index contributed by atoms with van der Waals surface area (Å²) in [7, 11) is -3.70. The zero-order valence-corrected chi connectivity index (χ0v) is 18.8. The quantitative estimate of drug-likeness (QED) is 0.689. The van der Waals surface area contributed by atoms with Crippen molar-refractivity contribution in [3.63, 3.8) is 0 Å². The minimum Gasteiger partial charge on any atom is -0.355 e. The number of hydrogen-bond acceptors (Lipinski definition) is 5. The number of amides is 1. The first-order chi connectivity index (χ1) is 14.4. The third kappa shape index (κ3) is 4.77. The monoisotopic (exact) mass is 450 g/mol. The smallest absolute Gasteiger partial charge is 0.257 e. The molecule has 1 aliphatic heterocycles. The lowest BCUT2D eigenvalue weighted by molar-refractivity contribution is 0.102. The molecule has 1 amide bonds. The largest absolute Gasteiger partial charge is 0.355 e. The van der Waals surface area contributed by atoms with Crippen molar-refractivity contribution in [2.24, 2.45) is 0 Å². The molecule has 162 valence electrons. The van der Waals surface area contributed by atoms with Gasteiger partial charge in [0.15, 0.2) is 5.82 Å². The fourth-order valence-corrected chi connectivity index (χ4v) is 5.28. The number of piperidine rings is 1. The highest BCUT2D eigenvalue weighted by Gasteiger charge is 2.24. The first-order valence-electron chi connectivity index (χ1n) is 10.2. The summed E-state index contributed by atoms with van der Waals surface area (Å²) >= 11 is 6.25. The Bertz CT molecular complexity index is 1000. The minimum absolute atomic E-state index is 0.0446. The van der Waals surface area contributed by atoms with Crippen molar-refractivity contribution in [1.29, 1.82) is 0 Å². The maximum Gasteiger partial charge on any atom is 0.257 e. The highest BCUT2D eigenvalue weighted by atomic mass is 35.5. The summed E-state index contributed by atoms with van der Waals surface area (Å²) in [6, 6.07) is 7.76. The maximum atomic E-state index is 13.0. The predicted octanol–water partition coefficient (Wildman–Crippen LogP) is 4.01. The van der Waals surface area contributed by atoms with Crippen LogP contribution in [0.2, 0.25) is 5.02 Å². The minimum atomic E-state index is -3.70. The molecule has 1 N–H and O–H groups in total. The van der Waals surface area contributed by atoms with E-state index in [2.05, 4.69) is 15.2 Å². The van der Waals surface area contributed by atoms with E-state index in [-0.39, 0.29) is 15.5 Å². The van der Waals surface area contributed by atoms with Gasteiger partial charge >= 0.3 is 0 Å². The summed E-state index contributed by atoms with van der Waals surface area (Å²) in [5.74, 6) is 0.247. The number of nitrogens with one attached hydrogen (secondary N) is 1. The van der Waals surface area contributed by atoms with Crippen LogP contribution in [0.4, 0.5) is 11.5 Å². The van der Waals surface area contributed by atoms with Crippen LogP contribution < -0.4 is 10.2 Å². The third-order valence-corrected chi connectivity index (χ3v) is 7.59. The Hall–Kier alpha value is -2.16. The second kappa shape index (κ2) is 9.76. The summed E-state index contributed by atoms with van der Waals surface area (Å²) in [5.41, 5.74) is 0.691. The van der Waals surface area contributed by atoms with Gasteiger partial charge in [-0.15, -0.1) is 0 Å². The molecule has 0 bridgehead atoms. The molecule has 1 saturated heterocycles. The molecule has 0 spiro atoms. The van der Waals surface area contributed by atoms with Crippen molar-refractivity contribution in [3.05, 3.63) is 47.1 Å². The van der Waals surface area contributed by atoms with Crippen molar-refractivity contribution in [3.8, 4) is 0 Å². The predicted molar refractivity (Wildman–Crippen MR) is 120 cm³/mol. The van der Waals surface area contributed by atoms with E-state index in [0.29, 0.717) is 24.6 Å². The van der Waals surface area contributed by atoms with E-state index in [4.69, 9.17) is 11.6 Å². The van der Waals surface area contributed by atoms with Gasteiger partial charge in [-0.25, -0.2) is 13.4 Å². The molecule has 3 rings (SSSR count). The van der Waals surface area contributed by atoms with E-state index >= 15 is 0 Å². The molecule has 9 heteroatoms. The number of aromatic nitrogens is 1. The Morgan fingerprint density at radius 3 is 2.53 bits per heavy atom. The lowest BCUT2D eigenvalue weighted by Crippen LogP contribution is -2.31. The lowest BCUT2D eigenvalue weighted by atomic mass is 10.1. The molecule has 1 aromatic heterocycles. The highest BCUT2D eigenvalue weighted by Crippen LogP contribution is 2.28. The number of halogens is 1. The van der Waals surface area contributed by atoms with Crippen molar-refractivity contribution in [1.82, 2.24) is 9.29 Å². The zero-order valence-electron chi connectivity index (χ0n) is 17.3. The summed E-state index contributed by atoms with van der Waals surface area (Å²) in [6.45, 7) is 6.01. The van der Waals surface area contributed by atoms with E-state index in [1.54, 1.807) is 32.2 Å². The van der Waals surface area contributed by atoms with Crippen LogP contribution in [0.15, 0.2) is 41.4 Å². The number of nitrogens with zero attached hydrogens (tertiary/aromatic N) is 3. The van der Waals surface area contributed by atoms with Crippen molar-refractivity contribution in [2.75, 3.05) is 36.4 Å². The zero-order chi connectivity index (χ0) is 21.7. The Morgan fingerprint density at radius 2 is 1.87 bits per heavy atom. The van der Waals surface area contributed by atoms with Crippen LogP contribution in [0.1, 0.15) is 43.5 Å². The molecule has 7 nitrogen and oxygen atoms in total. The fourth-order valence-electron chi connectivity index (χ4n) is 3.59. The molecular formula is C21H27ClN4O3S. The summed E-state index contributed by atoms with van der Waals surface area (Å²) in [5, 5.41) is 3.05. The number of sulfonamides is 1. The summed E-state index contributed by atoms with van der Waals surface area (Å²) in [6.07, 6.45) is 5.06. The highest BCUT2D eigenvalue weighted by molar-refractivity contribution is 7.89. The first-order valence-corrected chi connectivity index (χ1v) is 12.0. The molecule has 0 saturated carbocycles. The van der Waals surface area contributed by atoms with Crippen LogP contribution >= 0.6 is 11.6 Å². The van der Waals surface area contributed by atoms with Crippen LogP contribution in [0.3, 0.4) is 0 Å². The second-order valence-electron chi connectivity index (χ2n) is 7.11. The normalized spacial score (nSPS) is 14.7. The molecule has 0 radical (unpaired) electrons. The molecular weight excluding hydrogens is 424 g/mol. The lowest BCUT2D eigenvalue weighted by Gasteiger charge is -2.29. The molecule has 0 aliphatic carbocycles. The van der Waals surface area contributed by atoms with Crippen LogP contribution in [0.25, 0.3) is 0 Å². The Balaban J connectivity index is 1.90. The molecule has 30 heavy (non-hydrogen) atoms. The van der Waals surface area contributed by atoms with Gasteiger partial charge in [0, 0.05) is 32.4 Å². The standard InChI is InChI=1S/C21H27ClN4O3S/c1-3-26(4-2)30(28,29)16-10-11-18(22)17(15-16)21(27)24-19-9-8-12-23-20(19)25-13-6-5-7-14-25/h8-12,15H,3-7,13-14H2,1-2H3,(H,24,27). The van der Waals surface area contributed by atoms with Gasteiger partial charge in [0.25, 0.3) is 5.91 Å². The van der Waals surface area contributed by atoms with Crippen molar-refractivity contribution < 1.29 is 13.2 Å². The molecule has 1 fully saturated rings. The van der Waals surface area contributed by atoms with Gasteiger partial charge in [-0.05, 0) is 49.6 Å². The number of benzene rings is 1. The van der Waals surface area contributed by atoms with Crippen LogP contribution in [-0.4, -0.2) is 49.8 Å². The first kappa shape index (κ1) is 22.5. The van der Waals surface area contributed by atoms with Crippen LogP contribution in [-0.2, 0) is 10.0 Å². The van der Waals surface area contributed by atoms with Crippen LogP contribution in [0.5, 0.6) is 0 Å². The Morgan fingerprint density at radius 1 is 1.17 bits per heavy atom. The average molecular weight is 451 g/mol. The van der Waals surface area contributed by atoms with Gasteiger partial charge < -0.3 is 10.2 Å². The van der Waals surface area contributed by atoms with E-state index in [9.17, 15) is 13.2 Å². The number of pyridine rings is 1. The number of carbonyl (C=O) groups is 1. The second-order valence-corrected chi connectivity index (χ2v) is 9.45.